The number of phosphoric acid groups is 1. The molecule has 0 rings (SSSR count). The summed E-state index contributed by atoms with van der Waals surface area (Å²) >= 11 is 0. The van der Waals surface area contributed by atoms with E-state index in [0.29, 0.717) is 0 Å². The summed E-state index contributed by atoms with van der Waals surface area (Å²) in [5, 5.41) is 0. The van der Waals surface area contributed by atoms with Gasteiger partial charge in [-0.05, 0) is 0 Å². The first kappa shape index (κ1) is 1740. The van der Waals surface area contributed by atoms with Gasteiger partial charge >= 0.3 is 7.82 Å². The molecule has 0 unspecified atom stereocenters. The fourth-order valence-electron chi connectivity index (χ4n) is 0. The maximum Gasteiger partial charge on any atom is 0.466 e. The molecule has 53 heteroatoms. The van der Waals surface area contributed by atoms with Crippen LogP contribution in [0.2, 0.25) is 0 Å². The molecule has 0 spiro atoms. The molecule has 0 aliphatic heterocycles. The van der Waals surface area contributed by atoms with E-state index < -0.39 is 7.82 Å². The summed E-state index contributed by atoms with van der Waals surface area (Å²) in [5.74, 6) is 0. The summed E-state index contributed by atoms with van der Waals surface area (Å²) in [7, 11) is -4.64. The standard InChI is InChI=1S/H3O4P.36O.12W/c1-5(2,3)4;;;;;;;;;;;;;;;;;;;;;;;;;;;;;;;;;;;;;;;;;;;;;;;;/h(H3,1,2,3,4);;;;;;;;;;;;;;;;;;;;;;;;;;;;;;;;;;;;;;;;;;;;;;;;/q;36*-2;;;;;;;;;;;;. The molecule has 0 heterocycles. The quantitative estimate of drug-likeness (QED) is 0.200. The summed E-state index contributed by atoms with van der Waals surface area (Å²) in [5.41, 5.74) is 0. The van der Waals surface area contributed by atoms with E-state index in [0.717, 1.165) is 0 Å². The molecular formula is H3O40PW12-72. The molecule has 0 saturated heterocycles. The molecule has 0 bridgehead atoms. The van der Waals surface area contributed by atoms with Gasteiger partial charge in [-0.25, -0.2) is 4.57 Å². The third-order valence-corrected chi connectivity index (χ3v) is 0. The molecule has 0 radical (unpaired) electrons. The summed E-state index contributed by atoms with van der Waals surface area (Å²) < 4.78 is 8.88. The van der Waals surface area contributed by atoms with Crippen LogP contribution in [0.5, 0.6) is 0 Å². The van der Waals surface area contributed by atoms with Crippen LogP contribution in [0.4, 0.5) is 0 Å². The van der Waals surface area contributed by atoms with Crippen LogP contribution in [-0.4, -0.2) is 14.7 Å². The Bertz CT molecular complexity index is 93.9. The van der Waals surface area contributed by atoms with E-state index in [1.165, 1.54) is 0 Å². The molecule has 0 aliphatic rings. The van der Waals surface area contributed by atoms with E-state index in [-0.39, 0.29) is 450 Å². The molecular weight excluding hydrogens is 2880 g/mol. The molecule has 0 atom stereocenters. The maximum atomic E-state index is 8.88. The smallest absolute Gasteiger partial charge is 0.466 e. The Kier molecular flexibility index (Phi) is 38900. The van der Waals surface area contributed by atoms with Crippen molar-refractivity contribution >= 4 is 7.82 Å². The van der Waals surface area contributed by atoms with E-state index in [2.05, 4.69) is 0 Å². The summed E-state index contributed by atoms with van der Waals surface area (Å²) in [4.78, 5) is 21.6. The molecule has 0 aromatic carbocycles. The van der Waals surface area contributed by atoms with Gasteiger partial charge in [0, 0.05) is 253 Å². The predicted molar refractivity (Wildman–Crippen MR) is 39.0 cm³/mol. The second-order valence-electron chi connectivity index (χ2n) is 0.513. The van der Waals surface area contributed by atoms with Gasteiger partial charge in [0.25, 0.3) is 0 Å². The van der Waals surface area contributed by atoms with Crippen LogP contribution in [0, 0.1) is 0 Å². The minimum Gasteiger partial charge on any atom is -2.00 e. The summed E-state index contributed by atoms with van der Waals surface area (Å²) in [6.45, 7) is 0. The van der Waals surface area contributed by atoms with Gasteiger partial charge in [-0.15, -0.1) is 0 Å². The molecule has 0 fully saturated rings. The average molecular weight is 2880 g/mol. The van der Waals surface area contributed by atoms with E-state index in [4.69, 9.17) is 19.2 Å². The Balaban J connectivity index is -0.0000000000709. The van der Waals surface area contributed by atoms with Crippen LogP contribution in [0.25, 0.3) is 0 Å². The first-order valence-corrected chi connectivity index (χ1v) is 2.35. The number of rotatable bonds is 0. The summed E-state index contributed by atoms with van der Waals surface area (Å²) in [6.07, 6.45) is 0. The molecule has 3 N–H and O–H groups in total. The van der Waals surface area contributed by atoms with Crippen LogP contribution >= 0.6 is 7.82 Å². The van der Waals surface area contributed by atoms with Crippen molar-refractivity contribution in [1.82, 2.24) is 0 Å². The Hall–Kier alpha value is 6.93. The van der Waals surface area contributed by atoms with Gasteiger partial charge < -0.3 is 212 Å². The zero-order chi connectivity index (χ0) is 4.50. The number of hydrogen-bond acceptors (Lipinski definition) is 1. The van der Waals surface area contributed by atoms with Crippen LogP contribution < -0.4 is 0 Å². The maximum absolute atomic E-state index is 8.88. The van der Waals surface area contributed by atoms with Crippen molar-refractivity contribution in [3.05, 3.63) is 0 Å². The van der Waals surface area contributed by atoms with Crippen molar-refractivity contribution in [3.63, 3.8) is 0 Å². The van der Waals surface area contributed by atoms with Crippen LogP contribution in [-0.2, 0) is 454 Å². The molecule has 0 saturated carbocycles. The number of hydrogen-bond donors (Lipinski definition) is 3. The van der Waals surface area contributed by atoms with Gasteiger partial charge in [0.15, 0.2) is 0 Å². The Morgan fingerprint density at radius 3 is 0.151 bits per heavy atom. The van der Waals surface area contributed by atoms with E-state index in [9.17, 15) is 0 Å². The topological polar surface area (TPSA) is 1100 Å². The van der Waals surface area contributed by atoms with Crippen molar-refractivity contribution in [1.29, 1.82) is 0 Å². The third kappa shape index (κ3) is 3980. The van der Waals surface area contributed by atoms with Crippen molar-refractivity contribution in [2.45, 2.75) is 0 Å². The fraction of sp³-hybridized carbons (Fsp3) is 0. The van der Waals surface area contributed by atoms with Gasteiger partial charge in [-0.2, -0.15) is 0 Å². The Morgan fingerprint density at radius 1 is 0.151 bits per heavy atom. The monoisotopic (exact) mass is 2880 g/mol. The van der Waals surface area contributed by atoms with Gasteiger partial charge in [-0.3, -0.25) is 0 Å². The van der Waals surface area contributed by atoms with E-state index in [1.54, 1.807) is 0 Å². The van der Waals surface area contributed by atoms with Crippen LogP contribution in [0.1, 0.15) is 0 Å². The zero-order valence-corrected chi connectivity index (χ0v) is 57.9. The van der Waals surface area contributed by atoms with Gasteiger partial charge in [-0.1, -0.05) is 0 Å². The molecule has 392 valence electrons. The van der Waals surface area contributed by atoms with Crippen molar-refractivity contribution in [2.75, 3.05) is 0 Å². The Morgan fingerprint density at radius 2 is 0.151 bits per heavy atom. The molecule has 53 heavy (non-hydrogen) atoms. The molecule has 0 amide bonds. The van der Waals surface area contributed by atoms with Crippen LogP contribution in [0.3, 0.4) is 0 Å². The van der Waals surface area contributed by atoms with E-state index in [1.807, 2.05) is 0 Å². The fourth-order valence-corrected chi connectivity index (χ4v) is 0. The average Bonchev–Trinajstić information content (AvgIpc) is 0.722. The largest absolute Gasteiger partial charge is 2.00 e. The first-order chi connectivity index (χ1) is 2.00. The zero-order valence-electron chi connectivity index (χ0n) is 21.8. The normalized spacial score (nSPS) is 1.11. The SMILES string of the molecule is O=P(O)(O)O.[O-2].[O-2].[O-2].[O-2].[O-2].[O-2].[O-2].[O-2].[O-2].[O-2].[O-2].[O-2].[O-2].[O-2].[O-2].[O-2].[O-2].[O-2].[O-2].[O-2].[O-2].[O-2].[O-2].[O-2].[O-2].[O-2].[O-2].[O-2].[O-2].[O-2].[O-2].[O-2].[O-2].[O-2].[O-2].[O-2].[W].[W].[W].[W].[W].[W].[W].[W].[W].[W].[W].[W]. The van der Waals surface area contributed by atoms with Crippen molar-refractivity contribution in [3.8, 4) is 0 Å². The second-order valence-corrected chi connectivity index (χ2v) is 1.54. The minimum atomic E-state index is -4.64. The molecule has 0 aromatic rings. The van der Waals surface area contributed by atoms with Crippen molar-refractivity contribution in [2.24, 2.45) is 0 Å². The van der Waals surface area contributed by atoms with Gasteiger partial charge in [0.1, 0.15) is 0 Å². The van der Waals surface area contributed by atoms with Crippen molar-refractivity contribution < 1.29 is 469 Å². The van der Waals surface area contributed by atoms with Gasteiger partial charge in [0.2, 0.25) is 0 Å². The van der Waals surface area contributed by atoms with Gasteiger partial charge in [0.05, 0.1) is 0 Å². The minimum absolute atomic E-state index is 0. The third-order valence-electron chi connectivity index (χ3n) is 0. The summed E-state index contributed by atoms with van der Waals surface area (Å²) in [6, 6.07) is 0. The first-order valence-electron chi connectivity index (χ1n) is 0.783. The molecule has 0 aromatic heterocycles. The van der Waals surface area contributed by atoms with Crippen LogP contribution in [0.15, 0.2) is 0 Å². The van der Waals surface area contributed by atoms with E-state index >= 15 is 0 Å². The molecule has 0 aliphatic carbocycles. The molecule has 40 nitrogen and oxygen atoms in total. The second kappa shape index (κ2) is 1180. The predicted octanol–water partition coefficient (Wildman–Crippen LogP) is -5.24. The Labute approximate surface area is 470 Å².